The molecule has 0 atom stereocenters. The second kappa shape index (κ2) is 6.34. The predicted molar refractivity (Wildman–Crippen MR) is 96.3 cm³/mol. The highest BCUT2D eigenvalue weighted by Crippen LogP contribution is 2.38. The van der Waals surface area contributed by atoms with Crippen LogP contribution in [0.1, 0.15) is 18.1 Å². The highest BCUT2D eigenvalue weighted by atomic mass is 79.9. The van der Waals surface area contributed by atoms with E-state index in [9.17, 15) is 4.79 Å². The normalized spacial score (nSPS) is 14.8. The van der Waals surface area contributed by atoms with Crippen molar-refractivity contribution < 1.29 is 9.53 Å². The summed E-state index contributed by atoms with van der Waals surface area (Å²) in [4.78, 5) is 16.7. The van der Waals surface area contributed by atoms with Crippen molar-refractivity contribution in [3.63, 3.8) is 0 Å². The third-order valence-electron chi connectivity index (χ3n) is 3.55. The largest absolute Gasteiger partial charge is 0.494 e. The molecule has 0 aromatic heterocycles. The number of nitrogens with zero attached hydrogens (tertiary/aromatic N) is 1. The smallest absolute Gasteiger partial charge is 0.275 e. The lowest BCUT2D eigenvalue weighted by Gasteiger charge is -2.07. The molecule has 0 saturated carbocycles. The zero-order chi connectivity index (χ0) is 16.6. The van der Waals surface area contributed by atoms with Crippen LogP contribution in [0.5, 0.6) is 5.75 Å². The third kappa shape index (κ3) is 2.99. The summed E-state index contributed by atoms with van der Waals surface area (Å²) in [7, 11) is 0. The van der Waals surface area contributed by atoms with Gasteiger partial charge in [0.2, 0.25) is 0 Å². The first-order valence-electron chi connectivity index (χ1n) is 7.13. The fraction of sp³-hybridized carbons (Fsp3) is 0.176. The average molecular weight is 394 g/mol. The minimum atomic E-state index is -0.230. The zero-order valence-electron chi connectivity index (χ0n) is 12.6. The highest BCUT2D eigenvalue weighted by Gasteiger charge is 2.29. The summed E-state index contributed by atoms with van der Waals surface area (Å²) in [6.45, 7) is 4.41. The SMILES string of the molecule is CCOc1ccc(N=C2C(=O)Nc3c2cc(Br)c(Cl)c3C)cc1. The third-order valence-corrected chi connectivity index (χ3v) is 4.89. The summed E-state index contributed by atoms with van der Waals surface area (Å²) in [6.07, 6.45) is 0. The molecule has 1 aliphatic rings. The number of halogens is 2. The summed E-state index contributed by atoms with van der Waals surface area (Å²) in [5.41, 5.74) is 3.35. The molecular weight excluding hydrogens is 380 g/mol. The summed E-state index contributed by atoms with van der Waals surface area (Å²) >= 11 is 9.63. The monoisotopic (exact) mass is 392 g/mol. The number of nitrogens with one attached hydrogen (secondary N) is 1. The lowest BCUT2D eigenvalue weighted by Crippen LogP contribution is -2.14. The van der Waals surface area contributed by atoms with Crippen LogP contribution in [-0.4, -0.2) is 18.2 Å². The van der Waals surface area contributed by atoms with E-state index in [1.165, 1.54) is 0 Å². The summed E-state index contributed by atoms with van der Waals surface area (Å²) in [5.74, 6) is 0.546. The van der Waals surface area contributed by atoms with Crippen molar-refractivity contribution in [3.8, 4) is 5.75 Å². The number of hydrogen-bond donors (Lipinski definition) is 1. The molecule has 1 aliphatic heterocycles. The van der Waals surface area contributed by atoms with Gasteiger partial charge in [-0.15, -0.1) is 0 Å². The lowest BCUT2D eigenvalue weighted by molar-refractivity contribution is -0.110. The maximum absolute atomic E-state index is 12.3. The number of aliphatic imine (C=N–C) groups is 1. The molecule has 1 N–H and O–H groups in total. The predicted octanol–water partition coefficient (Wildman–Crippen LogP) is 4.88. The maximum Gasteiger partial charge on any atom is 0.275 e. The number of carbonyl (C=O) groups is 1. The molecule has 2 aromatic rings. The standard InChI is InChI=1S/C17H14BrClN2O2/c1-3-23-11-6-4-10(5-7-11)20-16-12-8-13(18)14(19)9(2)15(12)21-17(16)22/h4-8H,3H2,1-2H3,(H,20,21,22). The molecule has 3 rings (SSSR count). The molecule has 0 bridgehead atoms. The van der Waals surface area contributed by atoms with E-state index < -0.39 is 0 Å². The van der Waals surface area contributed by atoms with Gasteiger partial charge in [0.05, 0.1) is 23.0 Å². The van der Waals surface area contributed by atoms with Crippen LogP contribution in [0, 0.1) is 6.92 Å². The van der Waals surface area contributed by atoms with Gasteiger partial charge in [0.25, 0.3) is 5.91 Å². The molecular formula is C17H14BrClN2O2. The fourth-order valence-electron chi connectivity index (χ4n) is 2.42. The van der Waals surface area contributed by atoms with Gasteiger partial charge in [-0.1, -0.05) is 11.6 Å². The highest BCUT2D eigenvalue weighted by molar-refractivity contribution is 9.10. The number of rotatable bonds is 3. The molecule has 2 aromatic carbocycles. The molecule has 23 heavy (non-hydrogen) atoms. The molecule has 0 aliphatic carbocycles. The first-order chi connectivity index (χ1) is 11.0. The van der Waals surface area contributed by atoms with Crippen LogP contribution in [0.25, 0.3) is 0 Å². The minimum absolute atomic E-state index is 0.230. The summed E-state index contributed by atoms with van der Waals surface area (Å²) < 4.78 is 6.15. The Morgan fingerprint density at radius 1 is 1.30 bits per heavy atom. The van der Waals surface area contributed by atoms with Crippen molar-refractivity contribution in [2.24, 2.45) is 4.99 Å². The van der Waals surface area contributed by atoms with Gasteiger partial charge in [-0.2, -0.15) is 0 Å². The van der Waals surface area contributed by atoms with Gasteiger partial charge < -0.3 is 10.1 Å². The van der Waals surface area contributed by atoms with E-state index in [-0.39, 0.29) is 5.91 Å². The van der Waals surface area contributed by atoms with Crippen molar-refractivity contribution >= 4 is 50.5 Å². The summed E-state index contributed by atoms with van der Waals surface area (Å²) in [5, 5.41) is 3.43. The molecule has 1 heterocycles. The van der Waals surface area contributed by atoms with Crippen molar-refractivity contribution in [1.82, 2.24) is 0 Å². The number of ether oxygens (including phenoxy) is 1. The average Bonchev–Trinajstić information content (AvgIpc) is 2.84. The molecule has 118 valence electrons. The molecule has 0 saturated heterocycles. The van der Waals surface area contributed by atoms with Gasteiger partial charge in [-0.05, 0) is 65.7 Å². The van der Waals surface area contributed by atoms with Crippen molar-refractivity contribution in [2.75, 3.05) is 11.9 Å². The van der Waals surface area contributed by atoms with E-state index >= 15 is 0 Å². The van der Waals surface area contributed by atoms with Crippen molar-refractivity contribution in [2.45, 2.75) is 13.8 Å². The molecule has 1 amide bonds. The fourth-order valence-corrected chi connectivity index (χ4v) is 3.10. The number of amides is 1. The topological polar surface area (TPSA) is 50.7 Å². The van der Waals surface area contributed by atoms with Gasteiger partial charge in [-0.25, -0.2) is 4.99 Å². The second-order valence-electron chi connectivity index (χ2n) is 5.06. The van der Waals surface area contributed by atoms with Crippen LogP contribution in [-0.2, 0) is 4.79 Å². The van der Waals surface area contributed by atoms with Crippen LogP contribution < -0.4 is 10.1 Å². The van der Waals surface area contributed by atoms with E-state index in [2.05, 4.69) is 26.2 Å². The number of anilines is 1. The van der Waals surface area contributed by atoms with Crippen LogP contribution in [0.3, 0.4) is 0 Å². The first-order valence-corrected chi connectivity index (χ1v) is 8.30. The number of hydrogen-bond acceptors (Lipinski definition) is 3. The minimum Gasteiger partial charge on any atom is -0.494 e. The lowest BCUT2D eigenvalue weighted by atomic mass is 10.1. The van der Waals surface area contributed by atoms with Gasteiger partial charge in [0.15, 0.2) is 0 Å². The number of fused-ring (bicyclic) bond motifs is 1. The molecule has 4 nitrogen and oxygen atoms in total. The maximum atomic E-state index is 12.3. The molecule has 0 unspecified atom stereocenters. The first kappa shape index (κ1) is 16.0. The Morgan fingerprint density at radius 2 is 2.00 bits per heavy atom. The molecule has 0 fully saturated rings. The Bertz CT molecular complexity index is 816. The zero-order valence-corrected chi connectivity index (χ0v) is 15.0. The molecule has 0 spiro atoms. The van der Waals surface area contributed by atoms with Crippen LogP contribution in [0.15, 0.2) is 39.8 Å². The quantitative estimate of drug-likeness (QED) is 0.808. The van der Waals surface area contributed by atoms with Gasteiger partial charge in [0, 0.05) is 10.0 Å². The van der Waals surface area contributed by atoms with E-state index in [1.807, 2.05) is 44.2 Å². The second-order valence-corrected chi connectivity index (χ2v) is 6.29. The Balaban J connectivity index is 2.03. The Labute approximate surface area is 147 Å². The molecule has 0 radical (unpaired) electrons. The Morgan fingerprint density at radius 3 is 2.65 bits per heavy atom. The van der Waals surface area contributed by atoms with Crippen LogP contribution >= 0.6 is 27.5 Å². The van der Waals surface area contributed by atoms with Crippen LogP contribution in [0.4, 0.5) is 11.4 Å². The van der Waals surface area contributed by atoms with E-state index in [1.54, 1.807) is 0 Å². The summed E-state index contributed by atoms with van der Waals surface area (Å²) in [6, 6.07) is 9.12. The Hall–Kier alpha value is -1.85. The van der Waals surface area contributed by atoms with E-state index in [0.29, 0.717) is 28.7 Å². The number of benzene rings is 2. The van der Waals surface area contributed by atoms with E-state index in [0.717, 1.165) is 21.3 Å². The van der Waals surface area contributed by atoms with Gasteiger partial charge >= 0.3 is 0 Å². The van der Waals surface area contributed by atoms with Crippen molar-refractivity contribution in [3.05, 3.63) is 51.0 Å². The Kier molecular flexibility index (Phi) is 4.41. The molecule has 6 heteroatoms. The van der Waals surface area contributed by atoms with E-state index in [4.69, 9.17) is 16.3 Å². The van der Waals surface area contributed by atoms with Crippen molar-refractivity contribution in [1.29, 1.82) is 0 Å². The van der Waals surface area contributed by atoms with Crippen LogP contribution in [0.2, 0.25) is 5.02 Å². The number of carbonyl (C=O) groups excluding carboxylic acids is 1. The van der Waals surface area contributed by atoms with Gasteiger partial charge in [-0.3, -0.25) is 4.79 Å². The van der Waals surface area contributed by atoms with Gasteiger partial charge in [0.1, 0.15) is 11.5 Å².